The first-order valence-corrected chi connectivity index (χ1v) is 6.53. The molecule has 88 valence electrons. The van der Waals surface area contributed by atoms with Crippen LogP contribution >= 0.6 is 23.1 Å². The molecule has 3 N–H and O–H groups in total. The third kappa shape index (κ3) is 2.95. The van der Waals surface area contributed by atoms with Crippen molar-refractivity contribution in [2.75, 3.05) is 5.73 Å². The van der Waals surface area contributed by atoms with Crippen molar-refractivity contribution in [1.29, 1.82) is 0 Å². The predicted molar refractivity (Wildman–Crippen MR) is 67.3 cm³/mol. The minimum atomic E-state index is -0.991. The summed E-state index contributed by atoms with van der Waals surface area (Å²) in [7, 11) is 0. The van der Waals surface area contributed by atoms with Gasteiger partial charge >= 0.3 is 5.97 Å². The molecule has 17 heavy (non-hydrogen) atoms. The predicted octanol–water partition coefficient (Wildman–Crippen LogP) is 2.11. The quantitative estimate of drug-likeness (QED) is 0.825. The van der Waals surface area contributed by atoms with Gasteiger partial charge in [0, 0.05) is 22.2 Å². The first-order valence-electron chi connectivity index (χ1n) is 4.67. The number of thiazole rings is 1. The van der Waals surface area contributed by atoms with Crippen molar-refractivity contribution >= 4 is 34.8 Å². The maximum atomic E-state index is 10.7. The van der Waals surface area contributed by atoms with Crippen molar-refractivity contribution in [3.05, 3.63) is 34.5 Å². The van der Waals surface area contributed by atoms with Crippen LogP contribution in [0.1, 0.15) is 15.5 Å². The Balaban J connectivity index is 2.02. The number of pyridine rings is 1. The van der Waals surface area contributed by atoms with Crippen molar-refractivity contribution in [2.24, 2.45) is 0 Å². The molecule has 0 spiro atoms. The molecule has 0 saturated heterocycles. The maximum Gasteiger partial charge on any atom is 0.365 e. The second kappa shape index (κ2) is 5.15. The first kappa shape index (κ1) is 11.9. The Morgan fingerprint density at radius 3 is 3.06 bits per heavy atom. The van der Waals surface area contributed by atoms with Crippen LogP contribution in [0.3, 0.4) is 0 Å². The van der Waals surface area contributed by atoms with Crippen molar-refractivity contribution in [2.45, 2.75) is 10.6 Å². The van der Waals surface area contributed by atoms with E-state index in [0.29, 0.717) is 11.4 Å². The van der Waals surface area contributed by atoms with Crippen LogP contribution in [0, 0.1) is 0 Å². The number of nitrogens with two attached hydrogens (primary N) is 1. The number of nitrogens with zero attached hydrogens (tertiary/aromatic N) is 2. The fourth-order valence-corrected chi connectivity index (χ4v) is 2.74. The Kier molecular flexibility index (Phi) is 3.60. The van der Waals surface area contributed by atoms with Gasteiger partial charge in [0.2, 0.25) is 5.01 Å². The molecular weight excluding hydrogens is 258 g/mol. The molecule has 5 nitrogen and oxygen atoms in total. The number of hydrogen-bond acceptors (Lipinski definition) is 6. The highest BCUT2D eigenvalue weighted by Gasteiger charge is 2.09. The van der Waals surface area contributed by atoms with Crippen LogP contribution in [0.15, 0.2) is 28.7 Å². The zero-order chi connectivity index (χ0) is 12.3. The number of nitrogen functional groups attached to an aromatic ring is 1. The molecule has 0 unspecified atom stereocenters. The van der Waals surface area contributed by atoms with Gasteiger partial charge in [-0.15, -0.1) is 23.1 Å². The van der Waals surface area contributed by atoms with Crippen LogP contribution in [-0.2, 0) is 5.75 Å². The lowest BCUT2D eigenvalue weighted by molar-refractivity contribution is 0.0696. The number of hydrogen-bond donors (Lipinski definition) is 2. The van der Waals surface area contributed by atoms with Crippen LogP contribution in [0.25, 0.3) is 0 Å². The number of thioether (sulfide) groups is 1. The Hall–Kier alpha value is -1.60. The molecule has 0 amide bonds. The molecule has 2 aromatic rings. The van der Waals surface area contributed by atoms with Crippen molar-refractivity contribution < 1.29 is 9.90 Å². The summed E-state index contributed by atoms with van der Waals surface area (Å²) in [6.45, 7) is 0. The fraction of sp³-hybridized carbons (Fsp3) is 0.100. The van der Waals surface area contributed by atoms with Gasteiger partial charge in [0.05, 0.1) is 17.6 Å². The number of rotatable bonds is 4. The van der Waals surface area contributed by atoms with Crippen LogP contribution in [0.4, 0.5) is 5.69 Å². The van der Waals surface area contributed by atoms with Gasteiger partial charge in [0.25, 0.3) is 0 Å². The van der Waals surface area contributed by atoms with Gasteiger partial charge in [-0.05, 0) is 6.07 Å². The summed E-state index contributed by atoms with van der Waals surface area (Å²) in [4.78, 5) is 19.5. The van der Waals surface area contributed by atoms with Crippen LogP contribution in [0.5, 0.6) is 0 Å². The second-order valence-corrected chi connectivity index (χ2v) is 5.03. The molecule has 7 heteroatoms. The minimum absolute atomic E-state index is 0.114. The highest BCUT2D eigenvalue weighted by atomic mass is 32.2. The van der Waals surface area contributed by atoms with Gasteiger partial charge in [-0.25, -0.2) is 9.78 Å². The van der Waals surface area contributed by atoms with Gasteiger partial charge < -0.3 is 10.8 Å². The molecule has 0 atom stereocenters. The molecule has 0 aromatic carbocycles. The highest BCUT2D eigenvalue weighted by Crippen LogP contribution is 2.27. The molecular formula is C10H9N3O2S2. The molecule has 2 heterocycles. The number of carboxylic acid groups (broad SMARTS) is 1. The molecule has 0 saturated carbocycles. The summed E-state index contributed by atoms with van der Waals surface area (Å²) < 4.78 is 0. The van der Waals surface area contributed by atoms with Crippen LogP contribution in [0.2, 0.25) is 0 Å². The molecule has 2 rings (SSSR count). The van der Waals surface area contributed by atoms with Gasteiger partial charge in [-0.1, -0.05) is 0 Å². The van der Waals surface area contributed by atoms with Crippen molar-refractivity contribution in [1.82, 2.24) is 9.97 Å². The molecule has 0 aliphatic heterocycles. The van der Waals surface area contributed by atoms with Gasteiger partial charge in [-0.3, -0.25) is 4.98 Å². The highest BCUT2D eigenvalue weighted by molar-refractivity contribution is 7.98. The van der Waals surface area contributed by atoms with E-state index in [1.54, 1.807) is 17.8 Å². The molecule has 2 aromatic heterocycles. The summed E-state index contributed by atoms with van der Waals surface area (Å²) in [5.74, 6) is -0.396. The van der Waals surface area contributed by atoms with E-state index in [9.17, 15) is 4.79 Å². The smallest absolute Gasteiger partial charge is 0.365 e. The van der Waals surface area contributed by atoms with E-state index in [1.807, 2.05) is 6.07 Å². The summed E-state index contributed by atoms with van der Waals surface area (Å²) in [5, 5.41) is 10.6. The molecule has 0 aliphatic carbocycles. The molecule has 0 aliphatic rings. The Labute approximate surface area is 106 Å². The van der Waals surface area contributed by atoms with Crippen molar-refractivity contribution in [3.63, 3.8) is 0 Å². The van der Waals surface area contributed by atoms with Gasteiger partial charge in [0.1, 0.15) is 0 Å². The van der Waals surface area contributed by atoms with E-state index in [1.165, 1.54) is 11.8 Å². The van der Waals surface area contributed by atoms with E-state index in [2.05, 4.69) is 9.97 Å². The lowest BCUT2D eigenvalue weighted by Gasteiger charge is -2.02. The van der Waals surface area contributed by atoms with E-state index in [0.717, 1.165) is 21.9 Å². The molecule has 0 fully saturated rings. The standard InChI is InChI=1S/C10H9N3O2S2/c11-7-3-12-2-1-8(7)16-4-6-5-17-9(13-6)10(14)15/h1-3,5H,4,11H2,(H,14,15). The monoisotopic (exact) mass is 267 g/mol. The SMILES string of the molecule is Nc1cnccc1SCc1csc(C(=O)O)n1. The lowest BCUT2D eigenvalue weighted by Crippen LogP contribution is -1.95. The summed E-state index contributed by atoms with van der Waals surface area (Å²) in [5.41, 5.74) is 7.10. The van der Waals surface area contributed by atoms with E-state index in [-0.39, 0.29) is 5.01 Å². The second-order valence-electron chi connectivity index (χ2n) is 3.15. The van der Waals surface area contributed by atoms with E-state index < -0.39 is 5.97 Å². The fourth-order valence-electron chi connectivity index (χ4n) is 1.15. The van der Waals surface area contributed by atoms with Gasteiger partial charge in [-0.2, -0.15) is 0 Å². The van der Waals surface area contributed by atoms with Crippen LogP contribution < -0.4 is 5.73 Å². The average Bonchev–Trinajstić information content (AvgIpc) is 2.77. The minimum Gasteiger partial charge on any atom is -0.476 e. The number of anilines is 1. The average molecular weight is 267 g/mol. The van der Waals surface area contributed by atoms with Crippen molar-refractivity contribution in [3.8, 4) is 0 Å². The van der Waals surface area contributed by atoms with E-state index in [4.69, 9.17) is 10.8 Å². The largest absolute Gasteiger partial charge is 0.476 e. The van der Waals surface area contributed by atoms with Gasteiger partial charge in [0.15, 0.2) is 0 Å². The first-order chi connectivity index (χ1) is 8.16. The molecule has 0 bridgehead atoms. The number of carbonyl (C=O) groups is 1. The summed E-state index contributed by atoms with van der Waals surface area (Å²) in [6, 6.07) is 1.82. The number of aromatic carboxylic acids is 1. The zero-order valence-electron chi connectivity index (χ0n) is 8.66. The normalized spacial score (nSPS) is 10.4. The topological polar surface area (TPSA) is 89.1 Å². The van der Waals surface area contributed by atoms with E-state index >= 15 is 0 Å². The Morgan fingerprint density at radius 2 is 2.41 bits per heavy atom. The number of carboxylic acids is 1. The maximum absolute atomic E-state index is 10.7. The summed E-state index contributed by atoms with van der Waals surface area (Å²) >= 11 is 2.64. The number of aromatic nitrogens is 2. The third-order valence-electron chi connectivity index (χ3n) is 1.92. The molecule has 0 radical (unpaired) electrons. The van der Waals surface area contributed by atoms with Crippen LogP contribution in [-0.4, -0.2) is 21.0 Å². The summed E-state index contributed by atoms with van der Waals surface area (Å²) in [6.07, 6.45) is 3.26. The Bertz CT molecular complexity index is 542. The zero-order valence-corrected chi connectivity index (χ0v) is 10.3. The lowest BCUT2D eigenvalue weighted by atomic mass is 10.4. The Morgan fingerprint density at radius 1 is 1.59 bits per heavy atom. The third-order valence-corrected chi connectivity index (χ3v) is 3.92.